The molecule has 0 amide bonds. The van der Waals surface area contributed by atoms with Crippen LogP contribution in [0.2, 0.25) is 0 Å². The first-order valence-electron chi connectivity index (χ1n) is 5.64. The molecule has 4 nitrogen and oxygen atoms in total. The van der Waals surface area contributed by atoms with Gasteiger partial charge in [0.05, 0.1) is 12.7 Å². The monoisotopic (exact) mass is 256 g/mol. The van der Waals surface area contributed by atoms with E-state index in [9.17, 15) is 9.59 Å². The van der Waals surface area contributed by atoms with Gasteiger partial charge in [0.25, 0.3) is 0 Å². The van der Waals surface area contributed by atoms with E-state index in [4.69, 9.17) is 9.84 Å². The van der Waals surface area contributed by atoms with Gasteiger partial charge >= 0.3 is 5.97 Å². The second-order valence-corrected chi connectivity index (χ2v) is 3.91. The smallest absolute Gasteiger partial charge is 0.336 e. The van der Waals surface area contributed by atoms with Gasteiger partial charge < -0.3 is 9.84 Å². The minimum atomic E-state index is -1.12. The molecule has 1 N–H and O–H groups in total. The van der Waals surface area contributed by atoms with Crippen LogP contribution >= 0.6 is 0 Å². The third-order valence-corrected chi connectivity index (χ3v) is 2.73. The van der Waals surface area contributed by atoms with Gasteiger partial charge in [0, 0.05) is 11.1 Å². The van der Waals surface area contributed by atoms with Crippen molar-refractivity contribution in [2.45, 2.75) is 0 Å². The molecule has 0 radical (unpaired) electrons. The van der Waals surface area contributed by atoms with Crippen LogP contribution in [-0.4, -0.2) is 24.0 Å². The zero-order valence-corrected chi connectivity index (χ0v) is 10.3. The van der Waals surface area contributed by atoms with E-state index in [1.165, 1.54) is 19.2 Å². The summed E-state index contributed by atoms with van der Waals surface area (Å²) in [7, 11) is 1.51. The van der Waals surface area contributed by atoms with Crippen molar-refractivity contribution in [3.8, 4) is 5.75 Å². The molecule has 2 aromatic rings. The minimum Gasteiger partial charge on any atom is -0.497 e. The lowest BCUT2D eigenvalue weighted by molar-refractivity contribution is 0.0693. The molecule has 0 aliphatic carbocycles. The Bertz CT molecular complexity index is 632. The second-order valence-electron chi connectivity index (χ2n) is 3.91. The molecule has 0 saturated heterocycles. The average molecular weight is 256 g/mol. The maximum atomic E-state index is 12.3. The molecule has 0 heterocycles. The molecule has 96 valence electrons. The predicted octanol–water partition coefficient (Wildman–Crippen LogP) is 2.62. The molecule has 0 saturated carbocycles. The van der Waals surface area contributed by atoms with Crippen LogP contribution in [0.15, 0.2) is 48.5 Å². The van der Waals surface area contributed by atoms with Gasteiger partial charge in [-0.1, -0.05) is 30.3 Å². The van der Waals surface area contributed by atoms with Crippen LogP contribution in [0, 0.1) is 0 Å². The van der Waals surface area contributed by atoms with Gasteiger partial charge in [-0.2, -0.15) is 0 Å². The molecule has 19 heavy (non-hydrogen) atoms. The largest absolute Gasteiger partial charge is 0.497 e. The van der Waals surface area contributed by atoms with Crippen molar-refractivity contribution < 1.29 is 19.4 Å². The van der Waals surface area contributed by atoms with Crippen molar-refractivity contribution in [3.63, 3.8) is 0 Å². The Balaban J connectivity index is 2.47. The summed E-state index contributed by atoms with van der Waals surface area (Å²) in [5.41, 5.74) is 0.562. The van der Waals surface area contributed by atoms with Crippen LogP contribution in [0.1, 0.15) is 26.3 Å². The number of methoxy groups -OCH3 is 1. The van der Waals surface area contributed by atoms with Crippen molar-refractivity contribution in [1.82, 2.24) is 0 Å². The number of hydrogen-bond acceptors (Lipinski definition) is 3. The quantitative estimate of drug-likeness (QED) is 0.854. The maximum Gasteiger partial charge on any atom is 0.336 e. The third kappa shape index (κ3) is 2.63. The summed E-state index contributed by atoms with van der Waals surface area (Å²) in [6, 6.07) is 12.8. The lowest BCUT2D eigenvalue weighted by Gasteiger charge is -2.06. The van der Waals surface area contributed by atoms with Crippen LogP contribution in [0.5, 0.6) is 5.75 Å². The number of carbonyl (C=O) groups excluding carboxylic acids is 1. The number of benzene rings is 2. The first kappa shape index (κ1) is 12.8. The predicted molar refractivity (Wildman–Crippen MR) is 69.8 cm³/mol. The van der Waals surface area contributed by atoms with Crippen LogP contribution < -0.4 is 4.74 Å². The second kappa shape index (κ2) is 5.35. The molecule has 0 atom stereocenters. The summed E-state index contributed by atoms with van der Waals surface area (Å²) in [6.45, 7) is 0. The molecule has 0 bridgehead atoms. The fourth-order valence-corrected chi connectivity index (χ4v) is 1.79. The molecule has 0 aromatic heterocycles. The van der Waals surface area contributed by atoms with E-state index in [-0.39, 0.29) is 16.9 Å². The molecular weight excluding hydrogens is 244 g/mol. The number of ether oxygens (including phenoxy) is 1. The number of rotatable bonds is 4. The SMILES string of the molecule is COc1cccc(C(=O)c2ccccc2C(=O)O)c1. The Morgan fingerprint density at radius 1 is 1.00 bits per heavy atom. The van der Waals surface area contributed by atoms with Crippen LogP contribution in [-0.2, 0) is 0 Å². The molecule has 0 unspecified atom stereocenters. The van der Waals surface area contributed by atoms with Gasteiger partial charge in [-0.15, -0.1) is 0 Å². The van der Waals surface area contributed by atoms with E-state index < -0.39 is 5.97 Å². The van der Waals surface area contributed by atoms with E-state index >= 15 is 0 Å². The van der Waals surface area contributed by atoms with Crippen molar-refractivity contribution in [1.29, 1.82) is 0 Å². The summed E-state index contributed by atoms with van der Waals surface area (Å²) in [5.74, 6) is -0.901. The lowest BCUT2D eigenvalue weighted by atomic mass is 9.98. The lowest BCUT2D eigenvalue weighted by Crippen LogP contribution is -2.09. The zero-order chi connectivity index (χ0) is 13.8. The van der Waals surface area contributed by atoms with Gasteiger partial charge in [-0.25, -0.2) is 4.79 Å². The Morgan fingerprint density at radius 3 is 2.32 bits per heavy atom. The normalized spacial score (nSPS) is 9.95. The van der Waals surface area contributed by atoms with Gasteiger partial charge in [-0.05, 0) is 18.2 Å². The minimum absolute atomic E-state index is 0.00433. The summed E-state index contributed by atoms with van der Waals surface area (Å²) in [5, 5.41) is 9.09. The number of carbonyl (C=O) groups is 2. The molecule has 0 aliphatic heterocycles. The van der Waals surface area contributed by atoms with Crippen molar-refractivity contribution >= 4 is 11.8 Å². The Kier molecular flexibility index (Phi) is 3.61. The summed E-state index contributed by atoms with van der Waals surface area (Å²) in [4.78, 5) is 23.4. The number of hydrogen-bond donors (Lipinski definition) is 1. The standard InChI is InChI=1S/C15H12O4/c1-19-11-6-4-5-10(9-11)14(16)12-7-2-3-8-13(12)15(17)18/h2-9H,1H3,(H,17,18). The van der Waals surface area contributed by atoms with E-state index in [2.05, 4.69) is 0 Å². The van der Waals surface area contributed by atoms with Gasteiger partial charge in [0.15, 0.2) is 5.78 Å². The third-order valence-electron chi connectivity index (χ3n) is 2.73. The van der Waals surface area contributed by atoms with Crippen LogP contribution in [0.3, 0.4) is 0 Å². The number of aromatic carboxylic acids is 1. The molecular formula is C15H12O4. The molecule has 2 rings (SSSR count). The first-order chi connectivity index (χ1) is 9.13. The molecule has 4 heteroatoms. The summed E-state index contributed by atoms with van der Waals surface area (Å²) < 4.78 is 5.05. The van der Waals surface area contributed by atoms with Crippen molar-refractivity contribution in [2.24, 2.45) is 0 Å². The Labute approximate surface area is 110 Å². The summed E-state index contributed by atoms with van der Waals surface area (Å²) >= 11 is 0. The van der Waals surface area contributed by atoms with E-state index in [1.54, 1.807) is 36.4 Å². The van der Waals surface area contributed by atoms with Gasteiger partial charge in [0.2, 0.25) is 0 Å². The number of carboxylic acids is 1. The van der Waals surface area contributed by atoms with Crippen LogP contribution in [0.25, 0.3) is 0 Å². The van der Waals surface area contributed by atoms with E-state index in [1.807, 2.05) is 0 Å². The molecule has 0 fully saturated rings. The molecule has 2 aromatic carbocycles. The Hall–Kier alpha value is -2.62. The number of ketones is 1. The average Bonchev–Trinajstić information content (AvgIpc) is 2.46. The van der Waals surface area contributed by atoms with E-state index in [0.29, 0.717) is 11.3 Å². The highest BCUT2D eigenvalue weighted by molar-refractivity contribution is 6.14. The van der Waals surface area contributed by atoms with Crippen molar-refractivity contribution in [3.05, 3.63) is 65.2 Å². The number of carboxylic acid groups (broad SMARTS) is 1. The van der Waals surface area contributed by atoms with E-state index in [0.717, 1.165) is 0 Å². The fraction of sp³-hybridized carbons (Fsp3) is 0.0667. The Morgan fingerprint density at radius 2 is 1.68 bits per heavy atom. The first-order valence-corrected chi connectivity index (χ1v) is 5.64. The fourth-order valence-electron chi connectivity index (χ4n) is 1.79. The highest BCUT2D eigenvalue weighted by Crippen LogP contribution is 2.18. The van der Waals surface area contributed by atoms with Crippen LogP contribution in [0.4, 0.5) is 0 Å². The zero-order valence-electron chi connectivity index (χ0n) is 10.3. The van der Waals surface area contributed by atoms with Crippen molar-refractivity contribution in [2.75, 3.05) is 7.11 Å². The molecule has 0 aliphatic rings. The highest BCUT2D eigenvalue weighted by Gasteiger charge is 2.17. The van der Waals surface area contributed by atoms with Gasteiger partial charge in [0.1, 0.15) is 5.75 Å². The highest BCUT2D eigenvalue weighted by atomic mass is 16.5. The topological polar surface area (TPSA) is 63.6 Å². The maximum absolute atomic E-state index is 12.3. The summed E-state index contributed by atoms with van der Waals surface area (Å²) in [6.07, 6.45) is 0. The van der Waals surface area contributed by atoms with Gasteiger partial charge in [-0.3, -0.25) is 4.79 Å². The molecule has 0 spiro atoms.